The van der Waals surface area contributed by atoms with Crippen molar-refractivity contribution in [2.24, 2.45) is 0 Å². The van der Waals surface area contributed by atoms with E-state index in [2.05, 4.69) is 29.6 Å². The van der Waals surface area contributed by atoms with Crippen molar-refractivity contribution in [3.63, 3.8) is 0 Å². The van der Waals surface area contributed by atoms with Gasteiger partial charge in [0.25, 0.3) is 0 Å². The second-order valence-corrected chi connectivity index (χ2v) is 5.14. The maximum absolute atomic E-state index is 9.69. The average molecular weight is 281 g/mol. The van der Waals surface area contributed by atoms with Gasteiger partial charge >= 0.3 is 0 Å². The Labute approximate surface area is 124 Å². The van der Waals surface area contributed by atoms with Gasteiger partial charge in [0.15, 0.2) is 0 Å². The van der Waals surface area contributed by atoms with Crippen molar-refractivity contribution in [2.75, 3.05) is 13.6 Å². The Morgan fingerprint density at radius 2 is 2.05 bits per heavy atom. The molecule has 3 rings (SSSR count). The predicted octanol–water partition coefficient (Wildman–Crippen LogP) is 3.33. The Hall–Kier alpha value is -2.26. The summed E-state index contributed by atoms with van der Waals surface area (Å²) in [6.45, 7) is 1.45. The lowest BCUT2D eigenvalue weighted by molar-refractivity contribution is 0.305. The summed E-state index contributed by atoms with van der Waals surface area (Å²) in [5.74, 6) is 0.969. The molecule has 0 amide bonds. The van der Waals surface area contributed by atoms with Gasteiger partial charge in [-0.2, -0.15) is 0 Å². The lowest BCUT2D eigenvalue weighted by Crippen LogP contribution is -2.06. The number of aromatic hydroxyl groups is 1. The van der Waals surface area contributed by atoms with E-state index >= 15 is 0 Å². The quantitative estimate of drug-likeness (QED) is 0.848. The fraction of sp³-hybridized carbons (Fsp3) is 0.222. The average Bonchev–Trinajstić information content (AvgIpc) is 2.65. The molecule has 1 aliphatic heterocycles. The molecule has 0 aromatic heterocycles. The smallest absolute Gasteiger partial charge is 0.131 e. The van der Waals surface area contributed by atoms with Gasteiger partial charge in [0.1, 0.15) is 18.1 Å². The number of phenols is 1. The van der Waals surface area contributed by atoms with Gasteiger partial charge in [0, 0.05) is 11.6 Å². The summed E-state index contributed by atoms with van der Waals surface area (Å²) >= 11 is 0. The third kappa shape index (κ3) is 2.78. The standard InChI is InChI=1S/C18H19NO2/c1-19-10-4-7-16-15-6-3-2-5-13(15)12-21-18-11-14(20)8-9-17(16)18/h2-3,5-9,11,19-20H,4,10,12H2,1H3/b16-7+. The molecule has 0 atom stereocenters. The molecule has 0 bridgehead atoms. The maximum Gasteiger partial charge on any atom is 0.131 e. The predicted molar refractivity (Wildman–Crippen MR) is 84.5 cm³/mol. The van der Waals surface area contributed by atoms with Crippen molar-refractivity contribution in [1.29, 1.82) is 0 Å². The number of ether oxygens (including phenoxy) is 1. The zero-order chi connectivity index (χ0) is 14.7. The summed E-state index contributed by atoms with van der Waals surface area (Å²) in [6, 6.07) is 13.6. The minimum atomic E-state index is 0.231. The van der Waals surface area contributed by atoms with Crippen molar-refractivity contribution in [2.45, 2.75) is 13.0 Å². The molecule has 1 heterocycles. The topological polar surface area (TPSA) is 41.5 Å². The van der Waals surface area contributed by atoms with Crippen molar-refractivity contribution < 1.29 is 9.84 Å². The number of rotatable bonds is 3. The lowest BCUT2D eigenvalue weighted by atomic mass is 9.93. The normalized spacial score (nSPS) is 15.0. The molecule has 0 fully saturated rings. The Morgan fingerprint density at radius 1 is 1.19 bits per heavy atom. The molecule has 0 radical (unpaired) electrons. The molecular formula is C18H19NO2. The summed E-state index contributed by atoms with van der Waals surface area (Å²) in [5.41, 5.74) is 4.59. The van der Waals surface area contributed by atoms with Crippen LogP contribution in [-0.4, -0.2) is 18.7 Å². The molecule has 2 aromatic carbocycles. The molecular weight excluding hydrogens is 262 g/mol. The van der Waals surface area contributed by atoms with Crippen LogP contribution in [0.1, 0.15) is 23.1 Å². The first-order valence-corrected chi connectivity index (χ1v) is 7.19. The van der Waals surface area contributed by atoms with Crippen LogP contribution in [0.15, 0.2) is 48.5 Å². The highest BCUT2D eigenvalue weighted by molar-refractivity contribution is 5.85. The van der Waals surface area contributed by atoms with Crippen LogP contribution in [0.2, 0.25) is 0 Å². The fourth-order valence-corrected chi connectivity index (χ4v) is 2.64. The molecule has 0 saturated heterocycles. The SMILES string of the molecule is CNCC/C=C1\c2ccccc2COc2cc(O)ccc21. The van der Waals surface area contributed by atoms with E-state index in [0.29, 0.717) is 6.61 Å². The van der Waals surface area contributed by atoms with Gasteiger partial charge in [-0.25, -0.2) is 0 Å². The van der Waals surface area contributed by atoms with Crippen LogP contribution >= 0.6 is 0 Å². The zero-order valence-corrected chi connectivity index (χ0v) is 12.1. The van der Waals surface area contributed by atoms with Crippen LogP contribution in [0.3, 0.4) is 0 Å². The van der Waals surface area contributed by atoms with Crippen LogP contribution in [0.5, 0.6) is 11.5 Å². The molecule has 3 nitrogen and oxygen atoms in total. The second-order valence-electron chi connectivity index (χ2n) is 5.14. The van der Waals surface area contributed by atoms with Crippen LogP contribution in [-0.2, 0) is 6.61 Å². The van der Waals surface area contributed by atoms with Gasteiger partial charge in [-0.05, 0) is 48.8 Å². The van der Waals surface area contributed by atoms with Crippen LogP contribution in [0.4, 0.5) is 0 Å². The maximum atomic E-state index is 9.69. The number of nitrogens with one attached hydrogen (secondary N) is 1. The molecule has 0 aliphatic carbocycles. The molecule has 0 unspecified atom stereocenters. The highest BCUT2D eigenvalue weighted by Gasteiger charge is 2.18. The molecule has 3 heteroatoms. The number of benzene rings is 2. The summed E-state index contributed by atoms with van der Waals surface area (Å²) in [4.78, 5) is 0. The summed E-state index contributed by atoms with van der Waals surface area (Å²) in [6.07, 6.45) is 3.18. The third-order valence-corrected chi connectivity index (χ3v) is 3.69. The van der Waals surface area contributed by atoms with Gasteiger partial charge in [-0.3, -0.25) is 0 Å². The molecule has 2 aromatic rings. The van der Waals surface area contributed by atoms with Crippen LogP contribution in [0.25, 0.3) is 5.57 Å². The summed E-state index contributed by atoms with van der Waals surface area (Å²) in [5, 5.41) is 12.9. The van der Waals surface area contributed by atoms with E-state index in [-0.39, 0.29) is 5.75 Å². The third-order valence-electron chi connectivity index (χ3n) is 3.69. The molecule has 0 saturated carbocycles. The van der Waals surface area contributed by atoms with E-state index < -0.39 is 0 Å². The van der Waals surface area contributed by atoms with Gasteiger partial charge in [0.2, 0.25) is 0 Å². The van der Waals surface area contributed by atoms with E-state index in [1.165, 1.54) is 16.7 Å². The molecule has 2 N–H and O–H groups in total. The second kappa shape index (κ2) is 6.02. The molecule has 21 heavy (non-hydrogen) atoms. The van der Waals surface area contributed by atoms with Gasteiger partial charge < -0.3 is 15.2 Å². The minimum absolute atomic E-state index is 0.231. The van der Waals surface area contributed by atoms with Crippen LogP contribution in [0, 0.1) is 0 Å². The first-order chi connectivity index (χ1) is 10.3. The Kier molecular flexibility index (Phi) is 3.93. The summed E-state index contributed by atoms with van der Waals surface area (Å²) in [7, 11) is 1.95. The summed E-state index contributed by atoms with van der Waals surface area (Å²) < 4.78 is 5.88. The van der Waals surface area contributed by atoms with Crippen molar-refractivity contribution in [3.05, 3.63) is 65.2 Å². The number of phenolic OH excluding ortho intramolecular Hbond substituents is 1. The van der Waals surface area contributed by atoms with Gasteiger partial charge in [-0.1, -0.05) is 30.3 Å². The highest BCUT2D eigenvalue weighted by atomic mass is 16.5. The molecule has 1 aliphatic rings. The zero-order valence-electron chi connectivity index (χ0n) is 12.1. The fourth-order valence-electron chi connectivity index (χ4n) is 2.64. The van der Waals surface area contributed by atoms with Crippen LogP contribution < -0.4 is 10.1 Å². The van der Waals surface area contributed by atoms with Crippen molar-refractivity contribution in [1.82, 2.24) is 5.32 Å². The van der Waals surface area contributed by atoms with Crippen molar-refractivity contribution in [3.8, 4) is 11.5 Å². The molecule has 0 spiro atoms. The van der Waals surface area contributed by atoms with Crippen molar-refractivity contribution >= 4 is 5.57 Å². The number of hydrogen-bond donors (Lipinski definition) is 2. The Bertz CT molecular complexity index is 677. The molecule has 108 valence electrons. The largest absolute Gasteiger partial charge is 0.508 e. The number of fused-ring (bicyclic) bond motifs is 2. The van der Waals surface area contributed by atoms with E-state index in [4.69, 9.17) is 4.74 Å². The Morgan fingerprint density at radius 3 is 2.90 bits per heavy atom. The first kappa shape index (κ1) is 13.7. The first-order valence-electron chi connectivity index (χ1n) is 7.19. The van der Waals surface area contributed by atoms with E-state index in [9.17, 15) is 5.11 Å². The Balaban J connectivity index is 2.13. The van der Waals surface area contributed by atoms with E-state index in [1.54, 1.807) is 12.1 Å². The minimum Gasteiger partial charge on any atom is -0.508 e. The lowest BCUT2D eigenvalue weighted by Gasteiger charge is -2.11. The highest BCUT2D eigenvalue weighted by Crippen LogP contribution is 2.38. The number of hydrogen-bond acceptors (Lipinski definition) is 3. The monoisotopic (exact) mass is 281 g/mol. The van der Waals surface area contributed by atoms with Gasteiger partial charge in [-0.15, -0.1) is 0 Å². The van der Waals surface area contributed by atoms with E-state index in [0.717, 1.165) is 24.3 Å². The van der Waals surface area contributed by atoms with E-state index in [1.807, 2.05) is 19.2 Å². The van der Waals surface area contributed by atoms with Gasteiger partial charge in [0.05, 0.1) is 0 Å².